The van der Waals surface area contributed by atoms with Crippen molar-refractivity contribution in [3.8, 4) is 0 Å². The quantitative estimate of drug-likeness (QED) is 0.764. The maximum Gasteiger partial charge on any atom is 0.397 e. The molecule has 1 atom stereocenters. The molecule has 1 fully saturated rings. The molecule has 1 N–H and O–H groups in total. The number of hydrogen-bond acceptors (Lipinski definition) is 3. The van der Waals surface area contributed by atoms with Gasteiger partial charge in [0.1, 0.15) is 6.42 Å². The molecule has 0 aromatic carbocycles. The van der Waals surface area contributed by atoms with Crippen LogP contribution in [0.15, 0.2) is 12.2 Å². The first-order chi connectivity index (χ1) is 9.67. The number of alkyl halides is 3. The van der Waals surface area contributed by atoms with E-state index in [1.165, 1.54) is 11.0 Å². The minimum atomic E-state index is -4.51. The summed E-state index contributed by atoms with van der Waals surface area (Å²) in [5, 5.41) is 2.31. The van der Waals surface area contributed by atoms with Gasteiger partial charge in [-0.3, -0.25) is 9.59 Å². The fourth-order valence-corrected chi connectivity index (χ4v) is 2.01. The molecule has 0 spiro atoms. The van der Waals surface area contributed by atoms with E-state index in [-0.39, 0.29) is 12.5 Å². The van der Waals surface area contributed by atoms with Crippen LogP contribution in [0.1, 0.15) is 12.8 Å². The Labute approximate surface area is 121 Å². The molecule has 1 unspecified atom stereocenters. The van der Waals surface area contributed by atoms with Crippen molar-refractivity contribution in [1.29, 1.82) is 0 Å². The number of hydrogen-bond donors (Lipinski definition) is 1. The fourth-order valence-electron chi connectivity index (χ4n) is 2.01. The summed E-state index contributed by atoms with van der Waals surface area (Å²) >= 11 is 0. The summed E-state index contributed by atoms with van der Waals surface area (Å²) in [7, 11) is 3.74. The molecule has 0 aliphatic carbocycles. The first-order valence-corrected chi connectivity index (χ1v) is 6.63. The number of carbonyl (C=O) groups excluding carboxylic acids is 2. The van der Waals surface area contributed by atoms with Gasteiger partial charge in [-0.05, 0) is 20.5 Å². The van der Waals surface area contributed by atoms with E-state index in [1.807, 2.05) is 19.0 Å². The van der Waals surface area contributed by atoms with Crippen LogP contribution in [0.2, 0.25) is 0 Å². The molecule has 1 heterocycles. The van der Waals surface area contributed by atoms with E-state index < -0.39 is 24.5 Å². The summed E-state index contributed by atoms with van der Waals surface area (Å²) < 4.78 is 36.2. The molecule has 0 bridgehead atoms. The van der Waals surface area contributed by atoms with Gasteiger partial charge in [0.25, 0.3) is 0 Å². The van der Waals surface area contributed by atoms with Crippen LogP contribution in [0.25, 0.3) is 0 Å². The lowest BCUT2D eigenvalue weighted by Gasteiger charge is -2.16. The second kappa shape index (κ2) is 7.44. The molecule has 2 amide bonds. The lowest BCUT2D eigenvalue weighted by atomic mass is 10.2. The first kappa shape index (κ1) is 17.5. The van der Waals surface area contributed by atoms with Gasteiger partial charge in [-0.25, -0.2) is 0 Å². The third-order valence-corrected chi connectivity index (χ3v) is 2.96. The first-order valence-electron chi connectivity index (χ1n) is 6.63. The maximum atomic E-state index is 12.1. The Morgan fingerprint density at radius 2 is 2.05 bits per heavy atom. The summed E-state index contributed by atoms with van der Waals surface area (Å²) in [4.78, 5) is 26.4. The molecule has 8 heteroatoms. The lowest BCUT2D eigenvalue weighted by Crippen LogP contribution is -2.39. The van der Waals surface area contributed by atoms with Gasteiger partial charge in [0.2, 0.25) is 11.8 Å². The number of nitrogens with zero attached hydrogens (tertiary/aromatic N) is 2. The van der Waals surface area contributed by atoms with Gasteiger partial charge >= 0.3 is 6.18 Å². The van der Waals surface area contributed by atoms with E-state index in [9.17, 15) is 22.8 Å². The number of likely N-dealkylation sites (N-methyl/N-ethyl adjacent to an activating group) is 1. The number of amides is 2. The molecule has 0 aromatic heterocycles. The van der Waals surface area contributed by atoms with Crippen LogP contribution >= 0.6 is 0 Å². The molecule has 0 radical (unpaired) electrons. The van der Waals surface area contributed by atoms with Gasteiger partial charge in [-0.15, -0.1) is 0 Å². The maximum absolute atomic E-state index is 12.1. The van der Waals surface area contributed by atoms with Crippen LogP contribution < -0.4 is 5.32 Å². The van der Waals surface area contributed by atoms with Crippen molar-refractivity contribution < 1.29 is 22.8 Å². The average Bonchev–Trinajstić information content (AvgIpc) is 2.74. The normalized spacial score (nSPS) is 19.5. The van der Waals surface area contributed by atoms with Crippen molar-refractivity contribution in [2.75, 3.05) is 33.7 Å². The van der Waals surface area contributed by atoms with Crippen LogP contribution in [0.3, 0.4) is 0 Å². The number of rotatable bonds is 5. The Hall–Kier alpha value is -1.57. The van der Waals surface area contributed by atoms with E-state index in [0.717, 1.165) is 0 Å². The third kappa shape index (κ3) is 7.12. The smallest absolute Gasteiger partial charge is 0.351 e. The second-order valence-corrected chi connectivity index (χ2v) is 5.29. The predicted octanol–water partition coefficient (Wildman–Crippen LogP) is 0.774. The summed E-state index contributed by atoms with van der Waals surface area (Å²) in [5.74, 6) is -1.24. The van der Waals surface area contributed by atoms with Crippen molar-refractivity contribution in [3.05, 3.63) is 12.2 Å². The standard InChI is InChI=1S/C13H20F3N3O2/c1-18(2)6-3-4-12(21)19-7-5-10(9-19)17-11(20)8-13(14,15)16/h3-4,10H,5-9H2,1-2H3,(H,17,20)/b4-3+. The molecule has 5 nitrogen and oxygen atoms in total. The Bertz CT molecular complexity index is 408. The molecule has 1 rings (SSSR count). The highest BCUT2D eigenvalue weighted by Gasteiger charge is 2.33. The van der Waals surface area contributed by atoms with E-state index in [4.69, 9.17) is 0 Å². The Kier molecular flexibility index (Phi) is 6.19. The third-order valence-electron chi connectivity index (χ3n) is 2.96. The molecule has 120 valence electrons. The summed E-state index contributed by atoms with van der Waals surface area (Å²) in [6.45, 7) is 1.31. The highest BCUT2D eigenvalue weighted by atomic mass is 19.4. The zero-order valence-corrected chi connectivity index (χ0v) is 12.1. The number of likely N-dealkylation sites (tertiary alicyclic amines) is 1. The van der Waals surface area contributed by atoms with E-state index in [1.54, 1.807) is 6.08 Å². The second-order valence-electron chi connectivity index (χ2n) is 5.29. The Morgan fingerprint density at radius 1 is 1.38 bits per heavy atom. The van der Waals surface area contributed by atoms with Crippen LogP contribution in [0, 0.1) is 0 Å². The summed E-state index contributed by atoms with van der Waals surface area (Å²) in [5.41, 5.74) is 0. The van der Waals surface area contributed by atoms with Crippen LogP contribution in [-0.2, 0) is 9.59 Å². The minimum absolute atomic E-state index is 0.190. The SMILES string of the molecule is CN(C)C/C=C/C(=O)N1CCC(NC(=O)CC(F)(F)F)C1. The molecule has 1 aliphatic heterocycles. The molecule has 0 aromatic rings. The van der Waals surface area contributed by atoms with Crippen molar-refractivity contribution in [2.45, 2.75) is 25.1 Å². The zero-order chi connectivity index (χ0) is 16.0. The van der Waals surface area contributed by atoms with Crippen LogP contribution in [0.4, 0.5) is 13.2 Å². The molecular formula is C13H20F3N3O2. The van der Waals surface area contributed by atoms with Crippen LogP contribution in [0.5, 0.6) is 0 Å². The van der Waals surface area contributed by atoms with E-state index in [2.05, 4.69) is 5.32 Å². The van der Waals surface area contributed by atoms with Crippen molar-refractivity contribution in [3.63, 3.8) is 0 Å². The Balaban J connectivity index is 2.37. The summed E-state index contributed by atoms with van der Waals surface area (Å²) in [6.07, 6.45) is -2.36. The van der Waals surface area contributed by atoms with E-state index in [0.29, 0.717) is 19.5 Å². The van der Waals surface area contributed by atoms with Crippen molar-refractivity contribution in [1.82, 2.24) is 15.1 Å². The number of nitrogens with one attached hydrogen (secondary N) is 1. The lowest BCUT2D eigenvalue weighted by molar-refractivity contribution is -0.154. The van der Waals surface area contributed by atoms with Crippen molar-refractivity contribution in [2.24, 2.45) is 0 Å². The topological polar surface area (TPSA) is 52.7 Å². The molecular weight excluding hydrogens is 287 g/mol. The van der Waals surface area contributed by atoms with Gasteiger partial charge in [0.15, 0.2) is 0 Å². The number of carbonyl (C=O) groups is 2. The Morgan fingerprint density at radius 3 is 2.62 bits per heavy atom. The highest BCUT2D eigenvalue weighted by Crippen LogP contribution is 2.19. The zero-order valence-electron chi connectivity index (χ0n) is 12.1. The predicted molar refractivity (Wildman–Crippen MR) is 71.5 cm³/mol. The largest absolute Gasteiger partial charge is 0.397 e. The highest BCUT2D eigenvalue weighted by molar-refractivity contribution is 5.88. The molecule has 0 saturated carbocycles. The number of halogens is 3. The van der Waals surface area contributed by atoms with Gasteiger partial charge in [-0.2, -0.15) is 13.2 Å². The molecule has 21 heavy (non-hydrogen) atoms. The average molecular weight is 307 g/mol. The van der Waals surface area contributed by atoms with Gasteiger partial charge in [-0.1, -0.05) is 6.08 Å². The van der Waals surface area contributed by atoms with Gasteiger partial charge < -0.3 is 15.1 Å². The summed E-state index contributed by atoms with van der Waals surface area (Å²) in [6, 6.07) is -0.411. The van der Waals surface area contributed by atoms with Gasteiger partial charge in [0, 0.05) is 31.8 Å². The fraction of sp³-hybridized carbons (Fsp3) is 0.692. The van der Waals surface area contributed by atoms with Gasteiger partial charge in [0.05, 0.1) is 0 Å². The molecule has 1 aliphatic rings. The van der Waals surface area contributed by atoms with E-state index >= 15 is 0 Å². The van der Waals surface area contributed by atoms with Crippen molar-refractivity contribution >= 4 is 11.8 Å². The minimum Gasteiger partial charge on any atom is -0.351 e. The molecule has 1 saturated heterocycles. The monoisotopic (exact) mass is 307 g/mol. The van der Waals surface area contributed by atoms with Crippen LogP contribution in [-0.4, -0.2) is 67.6 Å².